The van der Waals surface area contributed by atoms with Gasteiger partial charge in [0.1, 0.15) is 0 Å². The summed E-state index contributed by atoms with van der Waals surface area (Å²) in [6.45, 7) is 0. The standard InChI is InChI=1S/C6H6O.CH2O3.Mg/c7-6-4-2-1-3-5-6;2-1(3)4;/h1-5,7H;(H2,2,3,4);/q;;+2/p-2. The normalized spacial score (nSPS) is 7.00. The van der Waals surface area contributed by atoms with Crippen molar-refractivity contribution in [1.82, 2.24) is 0 Å². The maximum atomic E-state index is 10.3. The molecule has 0 aliphatic rings. The molecule has 5 heteroatoms. The molecule has 0 atom stereocenters. The Kier molecular flexibility index (Phi) is 9.27. The van der Waals surface area contributed by atoms with Crippen molar-refractivity contribution in [3.63, 3.8) is 0 Å². The number of hydrogen-bond donors (Lipinski definition) is 1. The first-order chi connectivity index (χ1) is 5.13. The largest absolute Gasteiger partial charge is 2.00 e. The van der Waals surface area contributed by atoms with Gasteiger partial charge in [-0.1, -0.05) is 30.3 Å². The zero-order valence-corrected chi connectivity index (χ0v) is 7.68. The smallest absolute Gasteiger partial charge is 0.872 e. The van der Waals surface area contributed by atoms with Crippen molar-refractivity contribution in [3.05, 3.63) is 30.3 Å². The molecule has 1 aromatic rings. The minimum atomic E-state index is -2.08. The van der Waals surface area contributed by atoms with Crippen LogP contribution in [0, 0.1) is 0 Å². The summed E-state index contributed by atoms with van der Waals surface area (Å²) in [6.07, 6.45) is -2.08. The van der Waals surface area contributed by atoms with E-state index in [9.17, 15) is 5.11 Å². The summed E-state index contributed by atoms with van der Waals surface area (Å²) in [5, 5.41) is 25.6. The Morgan fingerprint density at radius 3 is 1.75 bits per heavy atom. The number of para-hydroxylation sites is 1. The molecule has 0 spiro atoms. The first kappa shape index (κ1) is 13.6. The average molecular weight is 178 g/mol. The monoisotopic (exact) mass is 178 g/mol. The van der Waals surface area contributed by atoms with Gasteiger partial charge in [0.15, 0.2) is 0 Å². The van der Waals surface area contributed by atoms with Crippen LogP contribution in [-0.4, -0.2) is 34.3 Å². The zero-order valence-electron chi connectivity index (χ0n) is 6.27. The van der Waals surface area contributed by atoms with Crippen molar-refractivity contribution in [2.24, 2.45) is 0 Å². The number of rotatable bonds is 0. The molecule has 1 N–H and O–H groups in total. The van der Waals surface area contributed by atoms with Crippen molar-refractivity contribution in [2.45, 2.75) is 0 Å². The molecule has 0 radical (unpaired) electrons. The number of carboxylic acid groups (broad SMARTS) is 2. The summed E-state index contributed by atoms with van der Waals surface area (Å²) >= 11 is 0. The Morgan fingerprint density at radius 2 is 1.58 bits per heavy atom. The molecule has 0 saturated carbocycles. The first-order valence-corrected chi connectivity index (χ1v) is 2.75. The fourth-order valence-electron chi connectivity index (χ4n) is 0.420. The van der Waals surface area contributed by atoms with Crippen molar-refractivity contribution in [2.75, 3.05) is 0 Å². The van der Waals surface area contributed by atoms with Crippen LogP contribution in [-0.2, 0) is 0 Å². The zero-order chi connectivity index (χ0) is 8.69. The molecule has 60 valence electrons. The van der Waals surface area contributed by atoms with E-state index < -0.39 is 6.16 Å². The third-order valence-electron chi connectivity index (χ3n) is 0.743. The second-order valence-corrected chi connectivity index (χ2v) is 1.58. The third-order valence-corrected chi connectivity index (χ3v) is 0.743. The quantitative estimate of drug-likeness (QED) is 0.531. The topological polar surface area (TPSA) is 83.4 Å². The predicted octanol–water partition coefficient (Wildman–Crippen LogP) is -0.733. The Balaban J connectivity index is 0. The van der Waals surface area contributed by atoms with E-state index >= 15 is 0 Å². The van der Waals surface area contributed by atoms with Gasteiger partial charge in [0.05, 0.1) is 0 Å². The van der Waals surface area contributed by atoms with Crippen molar-refractivity contribution in [3.8, 4) is 5.75 Å². The Hall–Kier alpha value is -0.944. The van der Waals surface area contributed by atoms with Crippen LogP contribution in [0.1, 0.15) is 0 Å². The fraction of sp³-hybridized carbons (Fsp3) is 0. The minimum absolute atomic E-state index is 0. The molecule has 0 heterocycles. The van der Waals surface area contributed by atoms with Crippen LogP contribution in [0.4, 0.5) is 4.79 Å². The summed E-state index contributed by atoms with van der Waals surface area (Å²) in [6, 6.07) is 8.33. The molecule has 0 aliphatic heterocycles. The molecule has 0 amide bonds. The van der Waals surface area contributed by atoms with E-state index in [4.69, 9.17) is 15.0 Å². The Labute approximate surface area is 85.6 Å². The average Bonchev–Trinajstić information content (AvgIpc) is 1.87. The van der Waals surface area contributed by atoms with Crippen LogP contribution in [0.2, 0.25) is 0 Å². The van der Waals surface area contributed by atoms with Gasteiger partial charge >= 0.3 is 23.1 Å². The second kappa shape index (κ2) is 8.16. The van der Waals surface area contributed by atoms with Crippen LogP contribution >= 0.6 is 0 Å². The summed E-state index contributed by atoms with van der Waals surface area (Å²) in [5.41, 5.74) is 0. The van der Waals surface area contributed by atoms with Crippen LogP contribution in [0.15, 0.2) is 30.3 Å². The number of hydrogen-bond acceptors (Lipinski definition) is 3. The van der Waals surface area contributed by atoms with E-state index in [1.807, 2.05) is 6.07 Å². The Morgan fingerprint density at radius 1 is 1.25 bits per heavy atom. The van der Waals surface area contributed by atoms with Crippen LogP contribution in [0.25, 0.3) is 0 Å². The summed E-state index contributed by atoms with van der Waals surface area (Å²) < 4.78 is 0. The summed E-state index contributed by atoms with van der Waals surface area (Å²) in [4.78, 5) is 8.44. The van der Waals surface area contributed by atoms with Crippen molar-refractivity contribution in [1.29, 1.82) is 0 Å². The van der Waals surface area contributed by atoms with Gasteiger partial charge in [-0.25, -0.2) is 0 Å². The van der Waals surface area contributed by atoms with Gasteiger partial charge < -0.3 is 20.1 Å². The number of benzene rings is 1. The van der Waals surface area contributed by atoms with E-state index in [0.29, 0.717) is 0 Å². The SMILES string of the molecule is O=C([O-])O.[Mg+2].[O-]c1ccccc1. The van der Waals surface area contributed by atoms with E-state index in [1.54, 1.807) is 12.1 Å². The molecule has 0 aliphatic carbocycles. The maximum Gasteiger partial charge on any atom is 2.00 e. The Bertz CT molecular complexity index is 208. The molecule has 1 rings (SSSR count). The molecule has 0 bridgehead atoms. The van der Waals surface area contributed by atoms with Crippen molar-refractivity contribution < 1.29 is 20.1 Å². The number of carbonyl (C=O) groups is 1. The second-order valence-electron chi connectivity index (χ2n) is 1.58. The summed E-state index contributed by atoms with van der Waals surface area (Å²) in [5.74, 6) is 0.0718. The molecular formula is C7H6MgO4. The van der Waals surface area contributed by atoms with Gasteiger partial charge in [-0.3, -0.25) is 0 Å². The van der Waals surface area contributed by atoms with Crippen LogP contribution in [0.3, 0.4) is 0 Å². The van der Waals surface area contributed by atoms with Gasteiger partial charge in [-0.15, -0.1) is 5.75 Å². The predicted molar refractivity (Wildman–Crippen MR) is 39.7 cm³/mol. The van der Waals surface area contributed by atoms with Gasteiger partial charge in [0.2, 0.25) is 6.16 Å². The minimum Gasteiger partial charge on any atom is -0.872 e. The van der Waals surface area contributed by atoms with E-state index in [1.165, 1.54) is 12.1 Å². The van der Waals surface area contributed by atoms with Gasteiger partial charge in [-0.05, 0) is 0 Å². The summed E-state index contributed by atoms with van der Waals surface area (Å²) in [7, 11) is 0. The molecule has 0 unspecified atom stereocenters. The third kappa shape index (κ3) is 11.8. The van der Waals surface area contributed by atoms with Gasteiger partial charge in [-0.2, -0.15) is 0 Å². The van der Waals surface area contributed by atoms with E-state index in [-0.39, 0.29) is 28.8 Å². The fourth-order valence-corrected chi connectivity index (χ4v) is 0.420. The molecule has 12 heavy (non-hydrogen) atoms. The van der Waals surface area contributed by atoms with Crippen molar-refractivity contribution >= 4 is 29.2 Å². The molecule has 0 fully saturated rings. The molecule has 0 saturated heterocycles. The molecule has 4 nitrogen and oxygen atoms in total. The van der Waals surface area contributed by atoms with E-state index in [2.05, 4.69) is 0 Å². The van der Waals surface area contributed by atoms with Crippen LogP contribution in [0.5, 0.6) is 5.75 Å². The maximum absolute atomic E-state index is 10.3. The van der Waals surface area contributed by atoms with Crippen LogP contribution < -0.4 is 10.2 Å². The molecule has 1 aromatic carbocycles. The first-order valence-electron chi connectivity index (χ1n) is 2.75. The van der Waals surface area contributed by atoms with Gasteiger partial charge in [0.25, 0.3) is 0 Å². The van der Waals surface area contributed by atoms with E-state index in [0.717, 1.165) is 0 Å². The molecular weight excluding hydrogens is 172 g/mol. The molecule has 0 aromatic heterocycles. The van der Waals surface area contributed by atoms with Gasteiger partial charge in [0, 0.05) is 0 Å².